The lowest BCUT2D eigenvalue weighted by molar-refractivity contribution is -0.124. The number of carbonyl (C=O) groups excluding carboxylic acids is 1. The highest BCUT2D eigenvalue weighted by Crippen LogP contribution is 2.28. The van der Waals surface area contributed by atoms with Crippen molar-refractivity contribution in [3.05, 3.63) is 72.8 Å². The zero-order valence-electron chi connectivity index (χ0n) is 18.4. The molecule has 0 saturated heterocycles. The third kappa shape index (κ3) is 4.54. The second kappa shape index (κ2) is 9.47. The number of nitrogens with zero attached hydrogens (tertiary/aromatic N) is 5. The molecule has 0 aliphatic heterocycles. The second-order valence-electron chi connectivity index (χ2n) is 7.50. The molecule has 0 aliphatic rings. The number of methoxy groups -OCH3 is 1. The molecule has 1 N–H and O–H groups in total. The number of aromatic nitrogens is 5. The minimum Gasteiger partial charge on any atom is -0.497 e. The smallest absolute Gasteiger partial charge is 0.244 e. The Morgan fingerprint density at radius 1 is 1.12 bits per heavy atom. The van der Waals surface area contributed by atoms with Crippen molar-refractivity contribution >= 4 is 5.91 Å². The largest absolute Gasteiger partial charge is 0.497 e. The van der Waals surface area contributed by atoms with Gasteiger partial charge in [0.15, 0.2) is 0 Å². The summed E-state index contributed by atoms with van der Waals surface area (Å²) in [5.41, 5.74) is 4.62. The van der Waals surface area contributed by atoms with E-state index in [4.69, 9.17) is 9.84 Å². The average Bonchev–Trinajstić information content (AvgIpc) is 3.45. The maximum atomic E-state index is 12.6. The number of rotatable bonds is 8. The van der Waals surface area contributed by atoms with Crippen LogP contribution in [0.5, 0.6) is 5.75 Å². The van der Waals surface area contributed by atoms with Gasteiger partial charge in [-0.05, 0) is 50.2 Å². The summed E-state index contributed by atoms with van der Waals surface area (Å²) >= 11 is 0. The summed E-state index contributed by atoms with van der Waals surface area (Å²) in [4.78, 5) is 16.8. The molecule has 0 saturated carbocycles. The van der Waals surface area contributed by atoms with Crippen LogP contribution < -0.4 is 10.1 Å². The standard InChI is InChI=1S/C24H26N6O2/c1-17-9-11-27-30(17)18(2)24(31)26-12-13-29-23(19-6-4-8-21(14-19)32-3)15-22(28-29)20-7-5-10-25-16-20/h4-11,14-16,18H,12-13H2,1-3H3,(H,26,31). The lowest BCUT2D eigenvalue weighted by Crippen LogP contribution is -2.34. The van der Waals surface area contributed by atoms with Crippen molar-refractivity contribution < 1.29 is 9.53 Å². The van der Waals surface area contributed by atoms with E-state index in [1.807, 2.05) is 67.1 Å². The molecule has 3 heterocycles. The van der Waals surface area contributed by atoms with Gasteiger partial charge in [-0.15, -0.1) is 0 Å². The lowest BCUT2D eigenvalue weighted by Gasteiger charge is -2.15. The second-order valence-corrected chi connectivity index (χ2v) is 7.50. The highest BCUT2D eigenvalue weighted by Gasteiger charge is 2.17. The summed E-state index contributed by atoms with van der Waals surface area (Å²) in [5, 5.41) is 12.0. The number of nitrogens with one attached hydrogen (secondary N) is 1. The van der Waals surface area contributed by atoms with Gasteiger partial charge >= 0.3 is 0 Å². The molecule has 0 fully saturated rings. The van der Waals surface area contributed by atoms with Crippen LogP contribution in [-0.2, 0) is 11.3 Å². The molecule has 4 aromatic rings. The van der Waals surface area contributed by atoms with E-state index in [0.717, 1.165) is 34.0 Å². The monoisotopic (exact) mass is 430 g/mol. The van der Waals surface area contributed by atoms with Crippen molar-refractivity contribution in [2.75, 3.05) is 13.7 Å². The fourth-order valence-corrected chi connectivity index (χ4v) is 3.59. The summed E-state index contributed by atoms with van der Waals surface area (Å²) in [5.74, 6) is 0.689. The topological polar surface area (TPSA) is 86.9 Å². The van der Waals surface area contributed by atoms with Crippen LogP contribution in [0.1, 0.15) is 18.7 Å². The molecule has 8 nitrogen and oxygen atoms in total. The van der Waals surface area contributed by atoms with Crippen LogP contribution in [0.15, 0.2) is 67.1 Å². The summed E-state index contributed by atoms with van der Waals surface area (Å²) in [6, 6.07) is 15.2. The van der Waals surface area contributed by atoms with E-state index in [0.29, 0.717) is 13.1 Å². The molecule has 3 aromatic heterocycles. The molecule has 164 valence electrons. The lowest BCUT2D eigenvalue weighted by atomic mass is 10.1. The Labute approximate surface area is 186 Å². The molecule has 0 aliphatic carbocycles. The van der Waals surface area contributed by atoms with E-state index in [9.17, 15) is 4.79 Å². The summed E-state index contributed by atoms with van der Waals surface area (Å²) < 4.78 is 9.00. The van der Waals surface area contributed by atoms with Gasteiger partial charge in [0.05, 0.1) is 25.0 Å². The molecule has 1 unspecified atom stereocenters. The van der Waals surface area contributed by atoms with Gasteiger partial charge in [0, 0.05) is 42.0 Å². The number of hydrogen-bond acceptors (Lipinski definition) is 5. The van der Waals surface area contributed by atoms with E-state index in [2.05, 4.69) is 15.4 Å². The van der Waals surface area contributed by atoms with Gasteiger partial charge in [-0.1, -0.05) is 12.1 Å². The van der Waals surface area contributed by atoms with Gasteiger partial charge < -0.3 is 10.1 Å². The van der Waals surface area contributed by atoms with Crippen LogP contribution in [0.3, 0.4) is 0 Å². The van der Waals surface area contributed by atoms with Gasteiger partial charge in [0.25, 0.3) is 0 Å². The Morgan fingerprint density at radius 3 is 2.69 bits per heavy atom. The predicted octanol–water partition coefficient (Wildman–Crippen LogP) is 3.50. The van der Waals surface area contributed by atoms with Gasteiger partial charge in [0.1, 0.15) is 11.8 Å². The summed E-state index contributed by atoms with van der Waals surface area (Å²) in [7, 11) is 1.65. The van der Waals surface area contributed by atoms with Crippen molar-refractivity contribution in [2.45, 2.75) is 26.4 Å². The van der Waals surface area contributed by atoms with E-state index >= 15 is 0 Å². The van der Waals surface area contributed by atoms with E-state index in [1.54, 1.807) is 30.4 Å². The molecule has 4 rings (SSSR count). The number of hydrogen-bond donors (Lipinski definition) is 1. The summed E-state index contributed by atoms with van der Waals surface area (Å²) in [6.45, 7) is 4.73. The van der Waals surface area contributed by atoms with Crippen LogP contribution in [-0.4, -0.2) is 44.1 Å². The first-order valence-electron chi connectivity index (χ1n) is 10.5. The van der Waals surface area contributed by atoms with Crippen molar-refractivity contribution in [3.8, 4) is 28.3 Å². The molecular weight excluding hydrogens is 404 g/mol. The number of ether oxygens (including phenoxy) is 1. The van der Waals surface area contributed by atoms with Crippen LogP contribution >= 0.6 is 0 Å². The molecule has 0 radical (unpaired) electrons. The molecular formula is C24H26N6O2. The van der Waals surface area contributed by atoms with E-state index in [1.165, 1.54) is 0 Å². The van der Waals surface area contributed by atoms with E-state index < -0.39 is 0 Å². The minimum absolute atomic E-state index is 0.0839. The van der Waals surface area contributed by atoms with Crippen LogP contribution in [0, 0.1) is 6.92 Å². The molecule has 32 heavy (non-hydrogen) atoms. The normalized spacial score (nSPS) is 11.8. The Kier molecular flexibility index (Phi) is 6.30. The first kappa shape index (κ1) is 21.3. The highest BCUT2D eigenvalue weighted by atomic mass is 16.5. The summed E-state index contributed by atoms with van der Waals surface area (Å²) in [6.07, 6.45) is 5.22. The maximum absolute atomic E-state index is 12.6. The first-order valence-corrected chi connectivity index (χ1v) is 10.5. The third-order valence-electron chi connectivity index (χ3n) is 5.34. The van der Waals surface area contributed by atoms with Crippen molar-refractivity contribution in [1.29, 1.82) is 0 Å². The third-order valence-corrected chi connectivity index (χ3v) is 5.34. The Morgan fingerprint density at radius 2 is 1.97 bits per heavy atom. The average molecular weight is 431 g/mol. The van der Waals surface area contributed by atoms with Crippen molar-refractivity contribution in [2.24, 2.45) is 0 Å². The number of pyridine rings is 1. The Balaban J connectivity index is 1.54. The molecule has 0 bridgehead atoms. The fourth-order valence-electron chi connectivity index (χ4n) is 3.59. The fraction of sp³-hybridized carbons (Fsp3) is 0.250. The van der Waals surface area contributed by atoms with E-state index in [-0.39, 0.29) is 11.9 Å². The molecule has 0 spiro atoms. The van der Waals surface area contributed by atoms with Gasteiger partial charge in [-0.25, -0.2) is 0 Å². The van der Waals surface area contributed by atoms with Crippen LogP contribution in [0.4, 0.5) is 0 Å². The van der Waals surface area contributed by atoms with Gasteiger partial charge in [-0.2, -0.15) is 10.2 Å². The highest BCUT2D eigenvalue weighted by molar-refractivity contribution is 5.79. The zero-order valence-corrected chi connectivity index (χ0v) is 18.4. The van der Waals surface area contributed by atoms with Crippen LogP contribution in [0.2, 0.25) is 0 Å². The number of benzene rings is 1. The zero-order chi connectivity index (χ0) is 22.5. The molecule has 1 atom stereocenters. The number of carbonyl (C=O) groups is 1. The van der Waals surface area contributed by atoms with Crippen LogP contribution in [0.25, 0.3) is 22.5 Å². The minimum atomic E-state index is -0.383. The maximum Gasteiger partial charge on any atom is 0.244 e. The van der Waals surface area contributed by atoms with Gasteiger partial charge in [0.2, 0.25) is 5.91 Å². The predicted molar refractivity (Wildman–Crippen MR) is 122 cm³/mol. The number of aryl methyl sites for hydroxylation is 1. The molecule has 1 aromatic carbocycles. The van der Waals surface area contributed by atoms with Crippen molar-refractivity contribution in [1.82, 2.24) is 29.9 Å². The van der Waals surface area contributed by atoms with Crippen molar-refractivity contribution in [3.63, 3.8) is 0 Å². The Hall–Kier alpha value is -3.94. The molecule has 1 amide bonds. The molecule has 8 heteroatoms. The quantitative estimate of drug-likeness (QED) is 0.462. The van der Waals surface area contributed by atoms with Gasteiger partial charge in [-0.3, -0.25) is 19.1 Å². The number of amides is 1. The first-order chi connectivity index (χ1) is 15.6. The SMILES string of the molecule is COc1cccc(-c2cc(-c3cccnc3)nn2CCNC(=O)C(C)n2nccc2C)c1. The Bertz CT molecular complexity index is 1200.